The van der Waals surface area contributed by atoms with Crippen molar-refractivity contribution in [1.82, 2.24) is 9.38 Å². The smallest absolute Gasteiger partial charge is 0.156 e. The van der Waals surface area contributed by atoms with Crippen LogP contribution in [-0.2, 0) is 16.3 Å². The lowest BCUT2D eigenvalue weighted by Crippen LogP contribution is -2.46. The Morgan fingerprint density at radius 3 is 2.84 bits per heavy atom. The molecule has 1 unspecified atom stereocenters. The monoisotopic (exact) mass is 383 g/mol. The second kappa shape index (κ2) is 7.16. The van der Waals surface area contributed by atoms with Gasteiger partial charge in [0.15, 0.2) is 9.84 Å². The molecule has 2 aromatic heterocycles. The molecule has 3 heterocycles. The Balaban J connectivity index is 1.99. The molecule has 25 heavy (non-hydrogen) atoms. The number of pyridine rings is 1. The maximum absolute atomic E-state index is 12.1. The van der Waals surface area contributed by atoms with Gasteiger partial charge in [-0.2, -0.15) is 0 Å². The van der Waals surface area contributed by atoms with Crippen LogP contribution in [0.4, 0.5) is 5.82 Å². The van der Waals surface area contributed by atoms with Crippen LogP contribution in [0.15, 0.2) is 18.6 Å². The molecule has 1 saturated heterocycles. The predicted octanol–water partition coefficient (Wildman–Crippen LogP) is 3.59. The largest absolute Gasteiger partial charge is 0.355 e. The van der Waals surface area contributed by atoms with Gasteiger partial charge in [-0.1, -0.05) is 31.9 Å². The summed E-state index contributed by atoms with van der Waals surface area (Å²) in [7, 11) is -2.98. The van der Waals surface area contributed by atoms with Crippen LogP contribution in [0.5, 0.6) is 0 Å². The van der Waals surface area contributed by atoms with Gasteiger partial charge in [-0.3, -0.25) is 4.40 Å². The molecule has 1 aliphatic heterocycles. The number of nitrogens with zero attached hydrogens (tertiary/aromatic N) is 3. The van der Waals surface area contributed by atoms with Gasteiger partial charge in [-0.15, -0.1) is 0 Å². The van der Waals surface area contributed by atoms with Gasteiger partial charge in [0.05, 0.1) is 27.7 Å². The zero-order valence-corrected chi connectivity index (χ0v) is 16.6. The van der Waals surface area contributed by atoms with E-state index in [9.17, 15) is 8.42 Å². The van der Waals surface area contributed by atoms with Crippen molar-refractivity contribution >= 4 is 32.8 Å². The lowest BCUT2D eigenvalue weighted by atomic mass is 10.0. The van der Waals surface area contributed by atoms with Crippen LogP contribution in [0.1, 0.15) is 39.2 Å². The molecule has 0 radical (unpaired) electrons. The van der Waals surface area contributed by atoms with Gasteiger partial charge in [-0.25, -0.2) is 13.4 Å². The summed E-state index contributed by atoms with van der Waals surface area (Å²) in [5.74, 6) is 1.90. The molecule has 0 amide bonds. The highest BCUT2D eigenvalue weighted by molar-refractivity contribution is 7.92. The van der Waals surface area contributed by atoms with Gasteiger partial charge in [-0.05, 0) is 37.3 Å². The zero-order chi connectivity index (χ0) is 18.2. The molecule has 0 spiro atoms. The number of halogens is 1. The summed E-state index contributed by atoms with van der Waals surface area (Å²) < 4.78 is 26.2. The molecule has 0 bridgehead atoms. The number of rotatable bonds is 5. The molecule has 0 aromatic carbocycles. The summed E-state index contributed by atoms with van der Waals surface area (Å²) in [6.07, 6.45) is 6.70. The third kappa shape index (κ3) is 3.80. The van der Waals surface area contributed by atoms with E-state index in [4.69, 9.17) is 11.6 Å². The third-order valence-corrected chi connectivity index (χ3v) is 7.39. The first kappa shape index (κ1) is 18.5. The molecule has 2 aromatic rings. The zero-order valence-electron chi connectivity index (χ0n) is 15.1. The van der Waals surface area contributed by atoms with Crippen molar-refractivity contribution in [2.45, 2.75) is 45.3 Å². The Labute approximate surface area is 154 Å². The van der Waals surface area contributed by atoms with E-state index in [-0.39, 0.29) is 11.0 Å². The van der Waals surface area contributed by atoms with E-state index >= 15 is 0 Å². The molecule has 1 fully saturated rings. The van der Waals surface area contributed by atoms with Crippen LogP contribution in [0.25, 0.3) is 5.52 Å². The lowest BCUT2D eigenvalue weighted by molar-refractivity contribution is 0.553. The minimum absolute atomic E-state index is 0.193. The van der Waals surface area contributed by atoms with Crippen molar-refractivity contribution < 1.29 is 8.42 Å². The van der Waals surface area contributed by atoms with E-state index in [1.54, 1.807) is 19.4 Å². The summed E-state index contributed by atoms with van der Waals surface area (Å²) in [4.78, 5) is 6.43. The molecule has 5 nitrogen and oxygen atoms in total. The predicted molar refractivity (Wildman–Crippen MR) is 103 cm³/mol. The SMILES string of the molecule is CC(C)CCCc1cc(Cl)c2cncn2c1N1CCS(=O)(=O)C(C)C1. The molecule has 0 saturated carbocycles. The fraction of sp³-hybridized carbons (Fsp3) is 0.611. The van der Waals surface area contributed by atoms with E-state index in [2.05, 4.69) is 23.7 Å². The molecule has 7 heteroatoms. The average Bonchev–Trinajstić information content (AvgIpc) is 3.00. The maximum atomic E-state index is 12.1. The molecule has 1 aliphatic rings. The first-order chi connectivity index (χ1) is 11.8. The Morgan fingerprint density at radius 2 is 2.16 bits per heavy atom. The summed E-state index contributed by atoms with van der Waals surface area (Å²) in [6.45, 7) is 7.27. The fourth-order valence-corrected chi connectivity index (χ4v) is 5.03. The summed E-state index contributed by atoms with van der Waals surface area (Å²) >= 11 is 6.45. The number of aryl methyl sites for hydroxylation is 1. The Bertz CT molecular complexity index is 861. The summed E-state index contributed by atoms with van der Waals surface area (Å²) in [5.41, 5.74) is 2.04. The molecule has 0 aliphatic carbocycles. The molecule has 1 atom stereocenters. The average molecular weight is 384 g/mol. The maximum Gasteiger partial charge on any atom is 0.156 e. The second-order valence-electron chi connectivity index (χ2n) is 7.40. The van der Waals surface area contributed by atoms with Crippen molar-refractivity contribution in [3.63, 3.8) is 0 Å². The number of imidazole rings is 1. The van der Waals surface area contributed by atoms with Crippen LogP contribution in [-0.4, -0.2) is 41.9 Å². The standard InChI is InChI=1S/C18H26ClN3O2S/c1-13(2)5-4-6-15-9-16(19)17-10-20-12-22(17)18(15)21-7-8-25(23,24)14(3)11-21/h9-10,12-14H,4-8,11H2,1-3H3. The van der Waals surface area contributed by atoms with Crippen molar-refractivity contribution in [3.05, 3.63) is 29.2 Å². The quantitative estimate of drug-likeness (QED) is 0.791. The number of aromatic nitrogens is 2. The summed E-state index contributed by atoms with van der Waals surface area (Å²) in [5, 5.41) is 0.331. The fourth-order valence-electron chi connectivity index (χ4n) is 3.47. The van der Waals surface area contributed by atoms with Crippen molar-refractivity contribution in [1.29, 1.82) is 0 Å². The van der Waals surface area contributed by atoms with Gasteiger partial charge in [0.25, 0.3) is 0 Å². The van der Waals surface area contributed by atoms with Crippen molar-refractivity contribution in [2.75, 3.05) is 23.7 Å². The van der Waals surface area contributed by atoms with Gasteiger partial charge >= 0.3 is 0 Å². The van der Waals surface area contributed by atoms with Crippen LogP contribution in [0.2, 0.25) is 5.02 Å². The van der Waals surface area contributed by atoms with E-state index in [1.165, 1.54) is 5.56 Å². The Morgan fingerprint density at radius 1 is 1.40 bits per heavy atom. The van der Waals surface area contributed by atoms with E-state index in [0.29, 0.717) is 24.0 Å². The molecule has 138 valence electrons. The minimum Gasteiger partial charge on any atom is -0.355 e. The van der Waals surface area contributed by atoms with Crippen LogP contribution < -0.4 is 4.90 Å². The number of hydrogen-bond acceptors (Lipinski definition) is 4. The highest BCUT2D eigenvalue weighted by Crippen LogP contribution is 2.31. The van der Waals surface area contributed by atoms with Gasteiger partial charge in [0.1, 0.15) is 12.1 Å². The van der Waals surface area contributed by atoms with E-state index < -0.39 is 9.84 Å². The van der Waals surface area contributed by atoms with Crippen LogP contribution in [0.3, 0.4) is 0 Å². The summed E-state index contributed by atoms with van der Waals surface area (Å²) in [6, 6.07) is 2.03. The number of fused-ring (bicyclic) bond motifs is 1. The van der Waals surface area contributed by atoms with Gasteiger partial charge < -0.3 is 4.90 Å². The lowest BCUT2D eigenvalue weighted by Gasteiger charge is -2.34. The number of sulfone groups is 1. The van der Waals surface area contributed by atoms with Gasteiger partial charge in [0.2, 0.25) is 0 Å². The van der Waals surface area contributed by atoms with Gasteiger partial charge in [0, 0.05) is 13.1 Å². The second-order valence-corrected chi connectivity index (χ2v) is 10.3. The third-order valence-electron chi connectivity index (χ3n) is 4.96. The molecule has 0 N–H and O–H groups in total. The Hall–Kier alpha value is -1.27. The molecular formula is C18H26ClN3O2S. The van der Waals surface area contributed by atoms with Crippen LogP contribution >= 0.6 is 11.6 Å². The molecule has 3 rings (SSSR count). The Kier molecular flexibility index (Phi) is 5.30. The van der Waals surface area contributed by atoms with E-state index in [1.807, 2.05) is 10.5 Å². The molecular weight excluding hydrogens is 358 g/mol. The highest BCUT2D eigenvalue weighted by Gasteiger charge is 2.31. The van der Waals surface area contributed by atoms with Crippen LogP contribution in [0, 0.1) is 5.92 Å². The normalized spacial score (nSPS) is 20.5. The minimum atomic E-state index is -2.98. The number of anilines is 1. The highest BCUT2D eigenvalue weighted by atomic mass is 35.5. The van der Waals surface area contributed by atoms with Crippen molar-refractivity contribution in [3.8, 4) is 0 Å². The first-order valence-corrected chi connectivity index (χ1v) is 11.0. The number of hydrogen-bond donors (Lipinski definition) is 0. The first-order valence-electron chi connectivity index (χ1n) is 8.89. The van der Waals surface area contributed by atoms with E-state index in [0.717, 1.165) is 30.6 Å². The topological polar surface area (TPSA) is 54.7 Å². The van der Waals surface area contributed by atoms with Crippen molar-refractivity contribution in [2.24, 2.45) is 5.92 Å².